The molecule has 0 aliphatic heterocycles. The van der Waals surface area contributed by atoms with E-state index in [9.17, 15) is 0 Å². The minimum Gasteiger partial charge on any atom is -0.310 e. The molecule has 2 rings (SSSR count). The Bertz CT molecular complexity index is 541. The standard InChI is InChI=1S/C16H22N4/c1-11(2)18-10-15-12(3)19-16(20-13(15)4)9-14-5-7-17-8-6-14/h5-8,11,18H,9-10H2,1-4H3. The smallest absolute Gasteiger partial charge is 0.133 e. The van der Waals surface area contributed by atoms with Gasteiger partial charge in [0.25, 0.3) is 0 Å². The van der Waals surface area contributed by atoms with Gasteiger partial charge in [0.1, 0.15) is 5.82 Å². The van der Waals surface area contributed by atoms with Gasteiger partial charge in [0.05, 0.1) is 0 Å². The van der Waals surface area contributed by atoms with Gasteiger partial charge in [-0.05, 0) is 31.5 Å². The first-order chi connectivity index (χ1) is 9.56. The molecule has 0 atom stereocenters. The van der Waals surface area contributed by atoms with Crippen LogP contribution in [0.15, 0.2) is 24.5 Å². The van der Waals surface area contributed by atoms with Crippen molar-refractivity contribution in [3.63, 3.8) is 0 Å². The van der Waals surface area contributed by atoms with Gasteiger partial charge in [0, 0.05) is 48.4 Å². The highest BCUT2D eigenvalue weighted by atomic mass is 14.9. The van der Waals surface area contributed by atoms with Crippen LogP contribution in [0.5, 0.6) is 0 Å². The molecule has 0 aliphatic rings. The van der Waals surface area contributed by atoms with Crippen LogP contribution in [0, 0.1) is 13.8 Å². The lowest BCUT2D eigenvalue weighted by Crippen LogP contribution is -2.23. The Morgan fingerprint density at radius 3 is 2.20 bits per heavy atom. The maximum Gasteiger partial charge on any atom is 0.133 e. The van der Waals surface area contributed by atoms with Crippen LogP contribution >= 0.6 is 0 Å². The molecule has 20 heavy (non-hydrogen) atoms. The first kappa shape index (κ1) is 14.6. The van der Waals surface area contributed by atoms with E-state index in [2.05, 4.69) is 48.0 Å². The molecule has 0 unspecified atom stereocenters. The van der Waals surface area contributed by atoms with E-state index in [1.165, 1.54) is 11.1 Å². The summed E-state index contributed by atoms with van der Waals surface area (Å²) >= 11 is 0. The van der Waals surface area contributed by atoms with Gasteiger partial charge in [-0.15, -0.1) is 0 Å². The Morgan fingerprint density at radius 1 is 1.05 bits per heavy atom. The largest absolute Gasteiger partial charge is 0.310 e. The van der Waals surface area contributed by atoms with Crippen molar-refractivity contribution >= 4 is 0 Å². The maximum atomic E-state index is 4.64. The summed E-state index contributed by atoms with van der Waals surface area (Å²) in [5, 5.41) is 3.42. The third-order valence-corrected chi connectivity index (χ3v) is 3.27. The highest BCUT2D eigenvalue weighted by molar-refractivity contribution is 5.26. The van der Waals surface area contributed by atoms with Crippen molar-refractivity contribution in [2.75, 3.05) is 0 Å². The first-order valence-electron chi connectivity index (χ1n) is 7.01. The fraction of sp³-hybridized carbons (Fsp3) is 0.438. The molecule has 0 saturated carbocycles. The fourth-order valence-electron chi connectivity index (χ4n) is 2.13. The number of aromatic nitrogens is 3. The Morgan fingerprint density at radius 2 is 1.65 bits per heavy atom. The van der Waals surface area contributed by atoms with Gasteiger partial charge in [-0.2, -0.15) is 0 Å². The molecule has 1 N–H and O–H groups in total. The summed E-state index contributed by atoms with van der Waals surface area (Å²) in [5.41, 5.74) is 4.52. The minimum atomic E-state index is 0.463. The molecule has 2 aromatic heterocycles. The highest BCUT2D eigenvalue weighted by Crippen LogP contribution is 2.12. The molecule has 4 heteroatoms. The lowest BCUT2D eigenvalue weighted by molar-refractivity contribution is 0.582. The second kappa shape index (κ2) is 6.57. The molecule has 4 nitrogen and oxygen atoms in total. The molecule has 2 aromatic rings. The Labute approximate surface area is 120 Å². The normalized spacial score (nSPS) is 11.1. The molecule has 0 amide bonds. The zero-order chi connectivity index (χ0) is 14.5. The summed E-state index contributed by atoms with van der Waals surface area (Å²) in [6, 6.07) is 4.47. The maximum absolute atomic E-state index is 4.64. The van der Waals surface area contributed by atoms with Crippen LogP contribution in [0.25, 0.3) is 0 Å². The first-order valence-corrected chi connectivity index (χ1v) is 7.01. The van der Waals surface area contributed by atoms with Crippen LogP contribution < -0.4 is 5.32 Å². The van der Waals surface area contributed by atoms with E-state index in [-0.39, 0.29) is 0 Å². The summed E-state index contributed by atoms with van der Waals surface area (Å²) in [7, 11) is 0. The highest BCUT2D eigenvalue weighted by Gasteiger charge is 2.09. The average molecular weight is 270 g/mol. The topological polar surface area (TPSA) is 50.7 Å². The van der Waals surface area contributed by atoms with Crippen molar-refractivity contribution < 1.29 is 0 Å². The van der Waals surface area contributed by atoms with Crippen LogP contribution in [0.4, 0.5) is 0 Å². The third kappa shape index (κ3) is 3.84. The molecular weight excluding hydrogens is 248 g/mol. The van der Waals surface area contributed by atoms with Gasteiger partial charge in [0.15, 0.2) is 0 Å². The quantitative estimate of drug-likeness (QED) is 0.907. The summed E-state index contributed by atoms with van der Waals surface area (Å²) in [6.45, 7) is 9.22. The number of aryl methyl sites for hydroxylation is 2. The van der Waals surface area contributed by atoms with Crippen LogP contribution in [0.3, 0.4) is 0 Å². The van der Waals surface area contributed by atoms with Gasteiger partial charge in [-0.3, -0.25) is 4.98 Å². The number of pyridine rings is 1. The Balaban J connectivity index is 2.17. The molecule has 0 fully saturated rings. The molecule has 0 aliphatic carbocycles. The number of rotatable bonds is 5. The van der Waals surface area contributed by atoms with E-state index in [0.29, 0.717) is 6.04 Å². The second-order valence-electron chi connectivity index (χ2n) is 5.36. The van der Waals surface area contributed by atoms with Crippen molar-refractivity contribution in [1.29, 1.82) is 0 Å². The lowest BCUT2D eigenvalue weighted by atomic mass is 10.1. The fourth-order valence-corrected chi connectivity index (χ4v) is 2.13. The SMILES string of the molecule is Cc1nc(Cc2ccncc2)nc(C)c1CNC(C)C. The predicted octanol–water partition coefficient (Wildman–Crippen LogP) is 2.58. The summed E-state index contributed by atoms with van der Waals surface area (Å²) in [5.74, 6) is 0.875. The predicted molar refractivity (Wildman–Crippen MR) is 80.5 cm³/mol. The van der Waals surface area contributed by atoms with Crippen molar-refractivity contribution in [1.82, 2.24) is 20.3 Å². The van der Waals surface area contributed by atoms with Gasteiger partial charge < -0.3 is 5.32 Å². The Hall–Kier alpha value is -1.81. The van der Waals surface area contributed by atoms with Crippen LogP contribution in [-0.2, 0) is 13.0 Å². The lowest BCUT2D eigenvalue weighted by Gasteiger charge is -2.13. The minimum absolute atomic E-state index is 0.463. The van der Waals surface area contributed by atoms with E-state index < -0.39 is 0 Å². The van der Waals surface area contributed by atoms with Crippen molar-refractivity contribution in [2.24, 2.45) is 0 Å². The molecule has 0 radical (unpaired) electrons. The van der Waals surface area contributed by atoms with Crippen LogP contribution in [-0.4, -0.2) is 21.0 Å². The summed E-state index contributed by atoms with van der Waals surface area (Å²) in [4.78, 5) is 13.3. The summed E-state index contributed by atoms with van der Waals surface area (Å²) < 4.78 is 0. The number of hydrogen-bond acceptors (Lipinski definition) is 4. The molecule has 0 spiro atoms. The van der Waals surface area contributed by atoms with Crippen molar-refractivity contribution in [3.05, 3.63) is 52.9 Å². The molecular formula is C16H22N4. The van der Waals surface area contributed by atoms with E-state index >= 15 is 0 Å². The van der Waals surface area contributed by atoms with Crippen molar-refractivity contribution in [3.8, 4) is 0 Å². The number of nitrogens with zero attached hydrogens (tertiary/aromatic N) is 3. The Kier molecular flexibility index (Phi) is 4.79. The molecule has 106 valence electrons. The van der Waals surface area contributed by atoms with Gasteiger partial charge in [0.2, 0.25) is 0 Å². The summed E-state index contributed by atoms with van der Waals surface area (Å²) in [6.07, 6.45) is 4.36. The number of nitrogens with one attached hydrogen (secondary N) is 1. The molecule has 0 aromatic carbocycles. The molecule has 0 bridgehead atoms. The van der Waals surface area contributed by atoms with E-state index in [1.807, 2.05) is 12.1 Å². The second-order valence-corrected chi connectivity index (χ2v) is 5.36. The van der Waals surface area contributed by atoms with Crippen molar-refractivity contribution in [2.45, 2.75) is 46.7 Å². The van der Waals surface area contributed by atoms with E-state index in [0.717, 1.165) is 30.2 Å². The monoisotopic (exact) mass is 270 g/mol. The van der Waals surface area contributed by atoms with Gasteiger partial charge in [-0.1, -0.05) is 13.8 Å². The third-order valence-electron chi connectivity index (χ3n) is 3.27. The van der Waals surface area contributed by atoms with Crippen LogP contribution in [0.1, 0.15) is 42.2 Å². The van der Waals surface area contributed by atoms with Gasteiger partial charge >= 0.3 is 0 Å². The zero-order valence-corrected chi connectivity index (χ0v) is 12.6. The van der Waals surface area contributed by atoms with E-state index in [4.69, 9.17) is 0 Å². The van der Waals surface area contributed by atoms with Gasteiger partial charge in [-0.25, -0.2) is 9.97 Å². The average Bonchev–Trinajstić information content (AvgIpc) is 2.38. The van der Waals surface area contributed by atoms with Crippen LogP contribution in [0.2, 0.25) is 0 Å². The number of hydrogen-bond donors (Lipinski definition) is 1. The molecule has 2 heterocycles. The van der Waals surface area contributed by atoms with E-state index in [1.54, 1.807) is 12.4 Å². The zero-order valence-electron chi connectivity index (χ0n) is 12.6. The molecule has 0 saturated heterocycles.